The molecule has 0 radical (unpaired) electrons. The van der Waals surface area contributed by atoms with E-state index >= 15 is 0 Å². The Labute approximate surface area is 225 Å². The van der Waals surface area contributed by atoms with Crippen LogP contribution in [0.3, 0.4) is 0 Å². The van der Waals surface area contributed by atoms with E-state index in [0.29, 0.717) is 28.8 Å². The molecule has 0 fully saturated rings. The molecule has 1 amide bonds. The minimum atomic E-state index is -2.35. The van der Waals surface area contributed by atoms with E-state index < -0.39 is 29.0 Å². The smallest absolute Gasteiger partial charge is 0.335 e. The van der Waals surface area contributed by atoms with E-state index in [1.54, 1.807) is 6.07 Å². The summed E-state index contributed by atoms with van der Waals surface area (Å²) in [5.74, 6) is -1.22. The number of fused-ring (bicyclic) bond motifs is 1. The number of nitrogens with zero attached hydrogens (tertiary/aromatic N) is 2. The van der Waals surface area contributed by atoms with Gasteiger partial charge in [0, 0.05) is 19.2 Å². The maximum atomic E-state index is 13.5. The molecule has 39 heavy (non-hydrogen) atoms. The summed E-state index contributed by atoms with van der Waals surface area (Å²) in [5.41, 5.74) is 2.28. The van der Waals surface area contributed by atoms with Crippen LogP contribution < -0.4 is 10.1 Å². The first-order valence-corrected chi connectivity index (χ1v) is 13.0. The molecule has 2 heterocycles. The summed E-state index contributed by atoms with van der Waals surface area (Å²) >= 11 is -2.35. The van der Waals surface area contributed by atoms with Gasteiger partial charge in [0.1, 0.15) is 23.9 Å². The number of hydrogen-bond donors (Lipinski definition) is 3. The van der Waals surface area contributed by atoms with Crippen LogP contribution in [0.5, 0.6) is 5.75 Å². The lowest BCUT2D eigenvalue weighted by molar-refractivity contribution is 0.0696. The van der Waals surface area contributed by atoms with Crippen LogP contribution in [0.25, 0.3) is 22.4 Å². The zero-order chi connectivity index (χ0) is 28.1. The molecule has 12 heteroatoms. The lowest BCUT2D eigenvalue weighted by Crippen LogP contribution is -2.30. The third-order valence-electron chi connectivity index (χ3n) is 6.05. The van der Waals surface area contributed by atoms with Gasteiger partial charge in [0.15, 0.2) is 0 Å². The van der Waals surface area contributed by atoms with Crippen molar-refractivity contribution in [2.24, 2.45) is 0 Å². The van der Waals surface area contributed by atoms with Crippen LogP contribution in [0.1, 0.15) is 38.9 Å². The molecule has 2 aromatic carbocycles. The monoisotopic (exact) mass is 555 g/mol. The van der Waals surface area contributed by atoms with Gasteiger partial charge >= 0.3 is 5.97 Å². The lowest BCUT2D eigenvalue weighted by Gasteiger charge is -2.19. The Bertz CT molecular complexity index is 1520. The predicted molar refractivity (Wildman–Crippen MR) is 142 cm³/mol. The van der Waals surface area contributed by atoms with Crippen molar-refractivity contribution in [3.8, 4) is 17.1 Å². The zero-order valence-corrected chi connectivity index (χ0v) is 22.0. The summed E-state index contributed by atoms with van der Waals surface area (Å²) < 4.78 is 48.4. The fourth-order valence-corrected chi connectivity index (χ4v) is 4.50. The van der Waals surface area contributed by atoms with Gasteiger partial charge in [0.05, 0.1) is 28.8 Å². The number of hydrogen-bond acceptors (Lipinski definition) is 6. The molecule has 0 spiro atoms. The number of furan rings is 1. The molecular formula is C27H26FN3O7S. The number of rotatable bonds is 11. The number of nitrogens with one attached hydrogen (secondary N) is 1. The number of halogens is 1. The summed E-state index contributed by atoms with van der Waals surface area (Å²) in [7, 11) is 1.50. The molecule has 4 aromatic rings. The third-order valence-corrected chi connectivity index (χ3v) is 6.80. The fraction of sp³-hybridized carbons (Fsp3) is 0.222. The number of ether oxygens (including phenoxy) is 1. The first kappa shape index (κ1) is 27.9. The molecule has 204 valence electrons. The van der Waals surface area contributed by atoms with Crippen LogP contribution in [-0.2, 0) is 24.2 Å². The van der Waals surface area contributed by atoms with E-state index in [4.69, 9.17) is 14.3 Å². The van der Waals surface area contributed by atoms with Crippen LogP contribution in [0.2, 0.25) is 0 Å². The summed E-state index contributed by atoms with van der Waals surface area (Å²) in [4.78, 5) is 28.4. The topological polar surface area (TPSA) is 142 Å². The highest BCUT2D eigenvalue weighted by Gasteiger charge is 2.25. The number of pyridine rings is 1. The molecule has 4 rings (SSSR count). The van der Waals surface area contributed by atoms with Gasteiger partial charge in [0.2, 0.25) is 17.0 Å². The Morgan fingerprint density at radius 1 is 1.15 bits per heavy atom. The number of carboxylic acids is 1. The third kappa shape index (κ3) is 6.30. The number of aromatic carboxylic acids is 1. The maximum absolute atomic E-state index is 13.5. The van der Waals surface area contributed by atoms with Crippen LogP contribution in [0.4, 0.5) is 4.39 Å². The van der Waals surface area contributed by atoms with Gasteiger partial charge in [-0.25, -0.2) is 18.4 Å². The number of carboxylic acid groups (broad SMARTS) is 1. The number of amides is 1. The van der Waals surface area contributed by atoms with Crippen molar-refractivity contribution >= 4 is 34.2 Å². The molecule has 0 aliphatic rings. The fourth-order valence-electron chi connectivity index (χ4n) is 4.04. The van der Waals surface area contributed by atoms with Crippen LogP contribution in [0.15, 0.2) is 59.0 Å². The molecule has 3 N–H and O–H groups in total. The van der Waals surface area contributed by atoms with Gasteiger partial charge in [-0.1, -0.05) is 6.92 Å². The second-order valence-corrected chi connectivity index (χ2v) is 9.44. The van der Waals surface area contributed by atoms with E-state index in [2.05, 4.69) is 10.3 Å². The van der Waals surface area contributed by atoms with Crippen molar-refractivity contribution < 1.29 is 37.0 Å². The molecule has 0 aliphatic carbocycles. The lowest BCUT2D eigenvalue weighted by atomic mass is 10.0. The first-order valence-electron chi connectivity index (χ1n) is 12.0. The highest BCUT2D eigenvalue weighted by atomic mass is 32.2. The molecular weight excluding hydrogens is 529 g/mol. The number of carbonyl (C=O) groups excluding carboxylic acids is 1. The van der Waals surface area contributed by atoms with E-state index in [0.717, 1.165) is 5.56 Å². The minimum Gasteiger partial charge on any atom is -0.492 e. The molecule has 1 atom stereocenters. The van der Waals surface area contributed by atoms with E-state index in [9.17, 15) is 22.7 Å². The first-order chi connectivity index (χ1) is 18.7. The van der Waals surface area contributed by atoms with Crippen LogP contribution >= 0.6 is 0 Å². The Kier molecular flexibility index (Phi) is 8.69. The molecule has 0 saturated carbocycles. The van der Waals surface area contributed by atoms with Crippen molar-refractivity contribution in [1.82, 2.24) is 14.6 Å². The zero-order valence-electron chi connectivity index (χ0n) is 21.1. The molecule has 10 nitrogen and oxygen atoms in total. The van der Waals surface area contributed by atoms with E-state index in [1.807, 2.05) is 6.92 Å². The van der Waals surface area contributed by atoms with Crippen molar-refractivity contribution in [2.45, 2.75) is 19.9 Å². The molecule has 0 bridgehead atoms. The Hall–Kier alpha value is -4.13. The molecule has 1 unspecified atom stereocenters. The average Bonchev–Trinajstić information content (AvgIpc) is 3.30. The summed E-state index contributed by atoms with van der Waals surface area (Å²) in [6.45, 7) is 2.01. The van der Waals surface area contributed by atoms with E-state index in [1.165, 1.54) is 59.9 Å². The molecule has 0 saturated heterocycles. The summed E-state index contributed by atoms with van der Waals surface area (Å²) in [5, 5.41) is 12.1. The van der Waals surface area contributed by atoms with Crippen LogP contribution in [-0.4, -0.2) is 55.2 Å². The van der Waals surface area contributed by atoms with Gasteiger partial charge in [0.25, 0.3) is 5.91 Å². The highest BCUT2D eigenvalue weighted by Crippen LogP contribution is 2.34. The number of aromatic nitrogens is 1. The maximum Gasteiger partial charge on any atom is 0.335 e. The highest BCUT2D eigenvalue weighted by molar-refractivity contribution is 7.76. The van der Waals surface area contributed by atoms with Gasteiger partial charge in [-0.15, -0.1) is 0 Å². The van der Waals surface area contributed by atoms with Crippen molar-refractivity contribution in [3.63, 3.8) is 0 Å². The standard InChI is InChI=1S/C27H26FN3O7S/c1-3-16-14-21-23(25(32)29-2)24(17-4-8-19(28)9-5-17)38-26(21)30-22(16)15-31(39(35)36)12-13-37-20-10-6-18(7-11-20)27(33)34/h4-11,14H,3,12-13,15H2,1-2H3,(H,29,32)(H,33,34)(H,35,36). The van der Waals surface area contributed by atoms with Crippen LogP contribution in [0, 0.1) is 5.82 Å². The molecule has 0 aliphatic heterocycles. The number of benzene rings is 2. The average molecular weight is 556 g/mol. The second-order valence-electron chi connectivity index (χ2n) is 8.46. The minimum absolute atomic E-state index is 0.00851. The van der Waals surface area contributed by atoms with E-state index in [-0.39, 0.29) is 42.3 Å². The quantitative estimate of drug-likeness (QED) is 0.233. The predicted octanol–water partition coefficient (Wildman–Crippen LogP) is 4.27. The molecule has 2 aromatic heterocycles. The van der Waals surface area contributed by atoms with Gasteiger partial charge < -0.3 is 19.6 Å². The van der Waals surface area contributed by atoms with Gasteiger partial charge in [-0.3, -0.25) is 9.35 Å². The SMILES string of the molecule is CCc1cc2c(C(=O)NC)c(-c3ccc(F)cc3)oc2nc1CN(CCOc1ccc(C(=O)O)cc1)S(=O)O. The van der Waals surface area contributed by atoms with Crippen molar-refractivity contribution in [3.05, 3.63) is 82.8 Å². The Morgan fingerprint density at radius 2 is 1.85 bits per heavy atom. The van der Waals surface area contributed by atoms with Crippen molar-refractivity contribution in [1.29, 1.82) is 0 Å². The van der Waals surface area contributed by atoms with Gasteiger partial charge in [-0.05, 0) is 66.6 Å². The largest absolute Gasteiger partial charge is 0.492 e. The Balaban J connectivity index is 1.61. The summed E-state index contributed by atoms with van der Waals surface area (Å²) in [6.07, 6.45) is 0.529. The number of aryl methyl sites for hydroxylation is 1. The normalized spacial score (nSPS) is 12.0. The van der Waals surface area contributed by atoms with Crippen molar-refractivity contribution in [2.75, 3.05) is 20.2 Å². The summed E-state index contributed by atoms with van der Waals surface area (Å²) in [6, 6.07) is 13.2. The Morgan fingerprint density at radius 3 is 2.44 bits per heavy atom. The second kappa shape index (κ2) is 12.2. The van der Waals surface area contributed by atoms with Gasteiger partial charge in [-0.2, -0.15) is 4.31 Å². The number of carbonyl (C=O) groups is 2.